The number of nitrogens with zero attached hydrogens (tertiary/aromatic N) is 2. The Morgan fingerprint density at radius 2 is 1.89 bits per heavy atom. The van der Waals surface area contributed by atoms with Crippen LogP contribution in [0.1, 0.15) is 45.4 Å². The van der Waals surface area contributed by atoms with Crippen molar-refractivity contribution in [2.75, 3.05) is 19.6 Å². The van der Waals surface area contributed by atoms with Gasteiger partial charge in [-0.15, -0.1) is 0 Å². The molecule has 2 rings (SSSR count). The van der Waals surface area contributed by atoms with Gasteiger partial charge in [-0.3, -0.25) is 24.9 Å². The molecule has 0 spiro atoms. The normalized spacial score (nSPS) is 21.8. The Hall–Kier alpha value is -2.20. The third kappa shape index (κ3) is 5.90. The summed E-state index contributed by atoms with van der Waals surface area (Å²) in [4.78, 5) is 49.7. The summed E-state index contributed by atoms with van der Waals surface area (Å²) in [5, 5.41) is 23.9. The minimum absolute atomic E-state index is 0.00814. The Kier molecular flexibility index (Phi) is 8.18. The third-order valence-electron chi connectivity index (χ3n) is 5.42. The summed E-state index contributed by atoms with van der Waals surface area (Å²) >= 11 is 0. The summed E-state index contributed by atoms with van der Waals surface area (Å²) in [5.74, 6) is -1.36. The molecule has 1 unspecified atom stereocenters. The molecule has 3 atom stereocenters. The lowest BCUT2D eigenvalue weighted by Crippen LogP contribution is -2.53. The molecule has 10 nitrogen and oxygen atoms in total. The van der Waals surface area contributed by atoms with Crippen molar-refractivity contribution < 1.29 is 29.5 Å². The zero-order valence-electron chi connectivity index (χ0n) is 16.2. The maximum absolute atomic E-state index is 13.2. The van der Waals surface area contributed by atoms with Gasteiger partial charge in [-0.2, -0.15) is 0 Å². The summed E-state index contributed by atoms with van der Waals surface area (Å²) in [6, 6.07) is -1.49. The van der Waals surface area contributed by atoms with Crippen LogP contribution in [0.15, 0.2) is 0 Å². The van der Waals surface area contributed by atoms with E-state index in [4.69, 9.17) is 0 Å². The number of aliphatic hydroxyl groups is 1. The van der Waals surface area contributed by atoms with Crippen LogP contribution in [0.3, 0.4) is 0 Å². The molecular weight excluding hydrogens is 368 g/mol. The van der Waals surface area contributed by atoms with Crippen molar-refractivity contribution in [1.82, 2.24) is 20.6 Å². The highest BCUT2D eigenvalue weighted by Gasteiger charge is 2.41. The molecule has 1 saturated carbocycles. The molecule has 1 aliphatic carbocycles. The number of amides is 5. The second kappa shape index (κ2) is 10.4. The SMILES string of the molecule is C[C@@H](O)CNC(=O)NC(=O)[C@@H]1CCCN1C(=O)C(CN(O)C=O)C1CCCC1. The Labute approximate surface area is 164 Å². The zero-order valence-corrected chi connectivity index (χ0v) is 16.2. The largest absolute Gasteiger partial charge is 0.392 e. The maximum Gasteiger partial charge on any atom is 0.321 e. The van der Waals surface area contributed by atoms with Gasteiger partial charge in [0, 0.05) is 13.1 Å². The number of rotatable bonds is 8. The van der Waals surface area contributed by atoms with Crippen molar-refractivity contribution in [3.8, 4) is 0 Å². The van der Waals surface area contributed by atoms with Crippen LogP contribution in [-0.4, -0.2) is 76.3 Å². The molecule has 10 heteroatoms. The highest BCUT2D eigenvalue weighted by molar-refractivity contribution is 5.99. The fourth-order valence-corrected chi connectivity index (χ4v) is 4.03. The standard InChI is InChI=1S/C18H30N4O6/c1-12(24)9-19-18(27)20-16(25)15-7-4-8-22(15)17(26)14(10-21(28)11-23)13-5-2-3-6-13/h11-15,24,28H,2-10H2,1H3,(H2,19,20,25,27)/t12-,14?,15+/m1/s1. The number of hydroxylamine groups is 2. The van der Waals surface area contributed by atoms with Crippen LogP contribution >= 0.6 is 0 Å². The van der Waals surface area contributed by atoms with Crippen LogP contribution in [0.5, 0.6) is 0 Å². The van der Waals surface area contributed by atoms with E-state index in [0.717, 1.165) is 25.7 Å². The molecule has 2 aliphatic rings. The highest BCUT2D eigenvalue weighted by atomic mass is 16.5. The number of carbonyl (C=O) groups is 4. The fourth-order valence-electron chi connectivity index (χ4n) is 4.03. The maximum atomic E-state index is 13.2. The lowest BCUT2D eigenvalue weighted by Gasteiger charge is -2.31. The summed E-state index contributed by atoms with van der Waals surface area (Å²) in [6.07, 6.45) is 4.28. The number of likely N-dealkylation sites (tertiary alicyclic amines) is 1. The topological polar surface area (TPSA) is 139 Å². The van der Waals surface area contributed by atoms with Gasteiger partial charge in [-0.05, 0) is 38.5 Å². The molecule has 28 heavy (non-hydrogen) atoms. The van der Waals surface area contributed by atoms with Crippen molar-refractivity contribution in [3.05, 3.63) is 0 Å². The van der Waals surface area contributed by atoms with Crippen molar-refractivity contribution in [2.45, 2.75) is 57.6 Å². The number of carbonyl (C=O) groups excluding carboxylic acids is 4. The second-order valence-corrected chi connectivity index (χ2v) is 7.62. The quantitative estimate of drug-likeness (QED) is 0.254. The lowest BCUT2D eigenvalue weighted by molar-refractivity contribution is -0.159. The number of nitrogens with one attached hydrogen (secondary N) is 2. The molecule has 5 amide bonds. The van der Waals surface area contributed by atoms with E-state index in [0.29, 0.717) is 24.4 Å². The van der Waals surface area contributed by atoms with Crippen molar-refractivity contribution in [3.63, 3.8) is 0 Å². The van der Waals surface area contributed by atoms with Crippen LogP contribution in [-0.2, 0) is 14.4 Å². The second-order valence-electron chi connectivity index (χ2n) is 7.62. The average molecular weight is 398 g/mol. The average Bonchev–Trinajstić information content (AvgIpc) is 3.35. The number of urea groups is 1. The first kappa shape index (κ1) is 22.1. The number of hydrogen-bond acceptors (Lipinski definition) is 6. The van der Waals surface area contributed by atoms with E-state index < -0.39 is 30.0 Å². The molecule has 158 valence electrons. The van der Waals surface area contributed by atoms with Crippen molar-refractivity contribution in [2.24, 2.45) is 11.8 Å². The molecule has 0 radical (unpaired) electrons. The Balaban J connectivity index is 2.03. The number of imide groups is 1. The van der Waals surface area contributed by atoms with Crippen molar-refractivity contribution >= 4 is 24.3 Å². The van der Waals surface area contributed by atoms with Gasteiger partial charge in [0.05, 0.1) is 18.6 Å². The fraction of sp³-hybridized carbons (Fsp3) is 0.778. The molecule has 1 heterocycles. The molecule has 0 aromatic rings. The summed E-state index contributed by atoms with van der Waals surface area (Å²) < 4.78 is 0. The van der Waals surface area contributed by atoms with Crippen LogP contribution in [0, 0.1) is 11.8 Å². The predicted molar refractivity (Wildman–Crippen MR) is 98.0 cm³/mol. The van der Waals surface area contributed by atoms with Crippen LogP contribution < -0.4 is 10.6 Å². The van der Waals surface area contributed by atoms with E-state index in [2.05, 4.69) is 10.6 Å². The van der Waals surface area contributed by atoms with Gasteiger partial charge < -0.3 is 15.3 Å². The van der Waals surface area contributed by atoms with Gasteiger partial charge in [0.1, 0.15) is 6.04 Å². The molecule has 0 aromatic carbocycles. The molecule has 1 aliphatic heterocycles. The van der Waals surface area contributed by atoms with E-state index in [1.165, 1.54) is 11.8 Å². The van der Waals surface area contributed by atoms with E-state index in [1.807, 2.05) is 0 Å². The van der Waals surface area contributed by atoms with E-state index in [9.17, 15) is 29.5 Å². The first-order valence-corrected chi connectivity index (χ1v) is 9.81. The van der Waals surface area contributed by atoms with Crippen LogP contribution in [0.4, 0.5) is 4.79 Å². The Morgan fingerprint density at radius 1 is 1.21 bits per heavy atom. The van der Waals surface area contributed by atoms with Crippen molar-refractivity contribution in [1.29, 1.82) is 0 Å². The predicted octanol–water partition coefficient (Wildman–Crippen LogP) is -0.162. The minimum atomic E-state index is -0.767. The summed E-state index contributed by atoms with van der Waals surface area (Å²) in [5.41, 5.74) is 0. The van der Waals surface area contributed by atoms with Crippen LogP contribution in [0.25, 0.3) is 0 Å². The number of aliphatic hydroxyl groups excluding tert-OH is 1. The van der Waals surface area contributed by atoms with Gasteiger partial charge in [0.15, 0.2) is 0 Å². The summed E-state index contributed by atoms with van der Waals surface area (Å²) in [7, 11) is 0. The smallest absolute Gasteiger partial charge is 0.321 e. The lowest BCUT2D eigenvalue weighted by atomic mass is 9.89. The number of hydrogen-bond donors (Lipinski definition) is 4. The molecule has 0 aromatic heterocycles. The van der Waals surface area contributed by atoms with E-state index >= 15 is 0 Å². The highest BCUT2D eigenvalue weighted by Crippen LogP contribution is 2.34. The van der Waals surface area contributed by atoms with Crippen LogP contribution in [0.2, 0.25) is 0 Å². The van der Waals surface area contributed by atoms with E-state index in [-0.39, 0.29) is 31.3 Å². The molecule has 2 fully saturated rings. The van der Waals surface area contributed by atoms with E-state index in [1.54, 1.807) is 0 Å². The minimum Gasteiger partial charge on any atom is -0.392 e. The van der Waals surface area contributed by atoms with Gasteiger partial charge in [-0.1, -0.05) is 12.8 Å². The Bertz CT molecular complexity index is 578. The molecule has 1 saturated heterocycles. The first-order chi connectivity index (χ1) is 13.3. The van der Waals surface area contributed by atoms with Gasteiger partial charge in [0.2, 0.25) is 12.3 Å². The molecule has 4 N–H and O–H groups in total. The molecular formula is C18H30N4O6. The van der Waals surface area contributed by atoms with Gasteiger partial charge in [0.25, 0.3) is 5.91 Å². The molecule has 0 bridgehead atoms. The van der Waals surface area contributed by atoms with Gasteiger partial charge >= 0.3 is 6.03 Å². The first-order valence-electron chi connectivity index (χ1n) is 9.81. The Morgan fingerprint density at radius 3 is 2.50 bits per heavy atom. The summed E-state index contributed by atoms with van der Waals surface area (Å²) in [6.45, 7) is 1.80. The van der Waals surface area contributed by atoms with Gasteiger partial charge in [-0.25, -0.2) is 9.86 Å². The zero-order chi connectivity index (χ0) is 20.7. The monoisotopic (exact) mass is 398 g/mol. The third-order valence-corrected chi connectivity index (χ3v) is 5.42.